The first-order chi connectivity index (χ1) is 12.6. The molecule has 0 radical (unpaired) electrons. The molecule has 128 valence electrons. The Kier molecular flexibility index (Phi) is 4.41. The molecule has 0 aliphatic heterocycles. The van der Waals surface area contributed by atoms with Crippen LogP contribution in [0, 0.1) is 0 Å². The van der Waals surface area contributed by atoms with Crippen molar-refractivity contribution in [2.24, 2.45) is 0 Å². The van der Waals surface area contributed by atoms with Gasteiger partial charge in [-0.15, -0.1) is 11.3 Å². The average Bonchev–Trinajstić information content (AvgIpc) is 3.06. The van der Waals surface area contributed by atoms with Crippen molar-refractivity contribution in [2.75, 3.05) is 5.32 Å². The molecule has 4 aromatic rings. The number of carbonyl (C=O) groups excluding carboxylic acids is 1. The van der Waals surface area contributed by atoms with Gasteiger partial charge in [0.2, 0.25) is 5.28 Å². The van der Waals surface area contributed by atoms with Crippen molar-refractivity contribution in [2.45, 2.75) is 6.92 Å². The summed E-state index contributed by atoms with van der Waals surface area (Å²) in [5.41, 5.74) is 3.55. The summed E-state index contributed by atoms with van der Waals surface area (Å²) in [5.74, 6) is 0.640. The van der Waals surface area contributed by atoms with Gasteiger partial charge in [-0.1, -0.05) is 42.5 Å². The molecule has 2 heterocycles. The van der Waals surface area contributed by atoms with Crippen molar-refractivity contribution < 1.29 is 4.79 Å². The van der Waals surface area contributed by atoms with E-state index in [1.165, 1.54) is 11.3 Å². The quantitative estimate of drug-likeness (QED) is 0.351. The normalized spacial score (nSPS) is 10.8. The molecule has 0 saturated carbocycles. The number of thiophene rings is 1. The maximum absolute atomic E-state index is 11.6. The van der Waals surface area contributed by atoms with E-state index in [4.69, 9.17) is 11.6 Å². The van der Waals surface area contributed by atoms with Crippen LogP contribution in [0.4, 0.5) is 11.5 Å². The van der Waals surface area contributed by atoms with E-state index in [9.17, 15) is 4.79 Å². The van der Waals surface area contributed by atoms with Crippen molar-refractivity contribution in [3.05, 3.63) is 70.8 Å². The standard InChI is InChI=1S/C20H14ClN3OS/c1-12(25)14-8-5-9-15(10-14)22-18-17-16(13-6-3-2-4-7-13)11-26-19(17)24-20(21)23-18/h2-11H,1H3,(H,22,23,24). The molecule has 0 aliphatic rings. The number of carbonyl (C=O) groups is 1. The number of hydrogen-bond acceptors (Lipinski definition) is 5. The van der Waals surface area contributed by atoms with Gasteiger partial charge < -0.3 is 5.32 Å². The van der Waals surface area contributed by atoms with E-state index in [1.54, 1.807) is 19.1 Å². The van der Waals surface area contributed by atoms with Gasteiger partial charge in [-0.3, -0.25) is 4.79 Å². The van der Waals surface area contributed by atoms with Crippen LogP contribution in [0.25, 0.3) is 21.3 Å². The molecule has 0 spiro atoms. The Labute approximate surface area is 159 Å². The molecule has 0 saturated heterocycles. The van der Waals surface area contributed by atoms with Gasteiger partial charge in [-0.2, -0.15) is 4.98 Å². The lowest BCUT2D eigenvalue weighted by molar-refractivity contribution is 0.101. The molecule has 4 nitrogen and oxygen atoms in total. The van der Waals surface area contributed by atoms with Crippen LogP contribution in [0.15, 0.2) is 60.0 Å². The Hall–Kier alpha value is -2.76. The van der Waals surface area contributed by atoms with Gasteiger partial charge in [-0.05, 0) is 36.2 Å². The highest BCUT2D eigenvalue weighted by molar-refractivity contribution is 7.17. The fraction of sp³-hybridized carbons (Fsp3) is 0.0500. The molecule has 0 fully saturated rings. The Morgan fingerprint density at radius 1 is 1.08 bits per heavy atom. The fourth-order valence-corrected chi connectivity index (χ4v) is 3.96. The van der Waals surface area contributed by atoms with Gasteiger partial charge in [0, 0.05) is 22.2 Å². The molecule has 0 amide bonds. The van der Waals surface area contributed by atoms with E-state index < -0.39 is 0 Å². The molecule has 6 heteroatoms. The molecule has 0 unspecified atom stereocenters. The lowest BCUT2D eigenvalue weighted by Gasteiger charge is -2.10. The summed E-state index contributed by atoms with van der Waals surface area (Å²) in [4.78, 5) is 21.2. The maximum Gasteiger partial charge on any atom is 0.225 e. The smallest absolute Gasteiger partial charge is 0.225 e. The van der Waals surface area contributed by atoms with E-state index in [2.05, 4.69) is 32.8 Å². The Morgan fingerprint density at radius 2 is 1.88 bits per heavy atom. The summed E-state index contributed by atoms with van der Waals surface area (Å²) < 4.78 is 0. The summed E-state index contributed by atoms with van der Waals surface area (Å²) in [5, 5.41) is 6.46. The number of fused-ring (bicyclic) bond motifs is 1. The first-order valence-corrected chi connectivity index (χ1v) is 9.26. The van der Waals surface area contributed by atoms with Crippen molar-refractivity contribution in [3.63, 3.8) is 0 Å². The van der Waals surface area contributed by atoms with Crippen LogP contribution >= 0.6 is 22.9 Å². The maximum atomic E-state index is 11.6. The largest absolute Gasteiger partial charge is 0.340 e. The van der Waals surface area contributed by atoms with Crippen LogP contribution in [0.5, 0.6) is 0 Å². The van der Waals surface area contributed by atoms with E-state index in [0.29, 0.717) is 11.4 Å². The molecule has 2 aromatic carbocycles. The number of ketones is 1. The van der Waals surface area contributed by atoms with E-state index in [1.807, 2.05) is 30.3 Å². The van der Waals surface area contributed by atoms with Crippen molar-refractivity contribution in [3.8, 4) is 11.1 Å². The lowest BCUT2D eigenvalue weighted by Crippen LogP contribution is -1.99. The highest BCUT2D eigenvalue weighted by Gasteiger charge is 2.15. The third-order valence-corrected chi connectivity index (χ3v) is 5.06. The molecular formula is C20H14ClN3OS. The zero-order valence-electron chi connectivity index (χ0n) is 13.9. The summed E-state index contributed by atoms with van der Waals surface area (Å²) >= 11 is 7.64. The SMILES string of the molecule is CC(=O)c1cccc(Nc2nc(Cl)nc3scc(-c4ccccc4)c23)c1. The molecule has 26 heavy (non-hydrogen) atoms. The molecule has 1 N–H and O–H groups in total. The molecule has 2 aromatic heterocycles. The monoisotopic (exact) mass is 379 g/mol. The number of hydrogen-bond donors (Lipinski definition) is 1. The first kappa shape index (κ1) is 16.7. The van der Waals surface area contributed by atoms with Gasteiger partial charge in [0.25, 0.3) is 0 Å². The van der Waals surface area contributed by atoms with Crippen LogP contribution < -0.4 is 5.32 Å². The van der Waals surface area contributed by atoms with Gasteiger partial charge in [-0.25, -0.2) is 4.98 Å². The van der Waals surface area contributed by atoms with Gasteiger partial charge in [0.05, 0.1) is 5.39 Å². The number of Topliss-reactive ketones (excluding diaryl/α,β-unsaturated/α-hetero) is 1. The summed E-state index contributed by atoms with van der Waals surface area (Å²) in [7, 11) is 0. The number of nitrogens with one attached hydrogen (secondary N) is 1. The van der Waals surface area contributed by atoms with E-state index >= 15 is 0 Å². The van der Waals surface area contributed by atoms with Crippen LogP contribution in [0.2, 0.25) is 5.28 Å². The lowest BCUT2D eigenvalue weighted by atomic mass is 10.1. The van der Waals surface area contributed by atoms with Crippen molar-refractivity contribution in [1.29, 1.82) is 0 Å². The van der Waals surface area contributed by atoms with Crippen LogP contribution in [-0.4, -0.2) is 15.8 Å². The number of nitrogens with zero attached hydrogens (tertiary/aromatic N) is 2. The van der Waals surface area contributed by atoms with Gasteiger partial charge in [0.15, 0.2) is 5.78 Å². The second kappa shape index (κ2) is 6.86. The minimum Gasteiger partial charge on any atom is -0.340 e. The zero-order chi connectivity index (χ0) is 18.1. The predicted octanol–water partition coefficient (Wildman–Crippen LogP) is 5.96. The second-order valence-corrected chi connectivity index (χ2v) is 6.99. The van der Waals surface area contributed by atoms with Crippen LogP contribution in [0.3, 0.4) is 0 Å². The minimum absolute atomic E-state index is 0.0139. The number of halogens is 1. The third-order valence-electron chi connectivity index (χ3n) is 4.02. The molecule has 0 aliphatic carbocycles. The fourth-order valence-electron chi connectivity index (χ4n) is 2.79. The molecule has 4 rings (SSSR count). The predicted molar refractivity (Wildman–Crippen MR) is 108 cm³/mol. The highest BCUT2D eigenvalue weighted by atomic mass is 35.5. The molecular weight excluding hydrogens is 366 g/mol. The molecule has 0 bridgehead atoms. The van der Waals surface area contributed by atoms with Crippen molar-refractivity contribution in [1.82, 2.24) is 9.97 Å². The topological polar surface area (TPSA) is 54.9 Å². The Morgan fingerprint density at radius 3 is 2.65 bits per heavy atom. The second-order valence-electron chi connectivity index (χ2n) is 5.80. The number of rotatable bonds is 4. The summed E-state index contributed by atoms with van der Waals surface area (Å²) in [6.07, 6.45) is 0. The summed E-state index contributed by atoms with van der Waals surface area (Å²) in [6.45, 7) is 1.55. The highest BCUT2D eigenvalue weighted by Crippen LogP contribution is 2.38. The Balaban J connectivity index is 1.85. The van der Waals surface area contributed by atoms with E-state index in [-0.39, 0.29) is 11.1 Å². The number of benzene rings is 2. The average molecular weight is 380 g/mol. The first-order valence-electron chi connectivity index (χ1n) is 8.00. The van der Waals surface area contributed by atoms with Crippen molar-refractivity contribution >= 4 is 50.4 Å². The number of anilines is 2. The van der Waals surface area contributed by atoms with Crippen LogP contribution in [0.1, 0.15) is 17.3 Å². The van der Waals surface area contributed by atoms with Gasteiger partial charge in [0.1, 0.15) is 10.6 Å². The van der Waals surface area contributed by atoms with Crippen LogP contribution in [-0.2, 0) is 0 Å². The third kappa shape index (κ3) is 3.19. The summed E-state index contributed by atoms with van der Waals surface area (Å²) in [6, 6.07) is 17.4. The van der Waals surface area contributed by atoms with E-state index in [0.717, 1.165) is 27.0 Å². The minimum atomic E-state index is 0.0139. The van der Waals surface area contributed by atoms with Gasteiger partial charge >= 0.3 is 0 Å². The number of aromatic nitrogens is 2. The zero-order valence-corrected chi connectivity index (χ0v) is 15.4. The molecule has 0 atom stereocenters. The Bertz CT molecular complexity index is 1110.